The number of amides is 1. The Bertz CT molecular complexity index is 596. The van der Waals surface area contributed by atoms with Crippen molar-refractivity contribution in [2.75, 3.05) is 26.0 Å². The molecule has 0 radical (unpaired) electrons. The first-order valence-corrected chi connectivity index (χ1v) is 9.79. The number of benzene rings is 1. The molecule has 130 valence electrons. The van der Waals surface area contributed by atoms with Gasteiger partial charge in [-0.15, -0.1) is 11.8 Å². The Morgan fingerprint density at radius 1 is 1.21 bits per heavy atom. The molecule has 1 aliphatic carbocycles. The highest BCUT2D eigenvalue weighted by atomic mass is 32.2. The largest absolute Gasteiger partial charge is 0.469 e. The van der Waals surface area contributed by atoms with Crippen LogP contribution in [0.4, 0.5) is 0 Å². The van der Waals surface area contributed by atoms with Gasteiger partial charge in [0.15, 0.2) is 0 Å². The number of carbonyl (C=O) groups excluding carboxylic acids is 2. The molecule has 0 unspecified atom stereocenters. The van der Waals surface area contributed by atoms with Crippen molar-refractivity contribution in [3.63, 3.8) is 0 Å². The van der Waals surface area contributed by atoms with Gasteiger partial charge >= 0.3 is 5.97 Å². The maximum atomic E-state index is 12.5. The molecular weight excluding hydrogens is 322 g/mol. The summed E-state index contributed by atoms with van der Waals surface area (Å²) in [5.41, 5.74) is 2.85. The molecular formula is C19H25NO3S. The van der Waals surface area contributed by atoms with Gasteiger partial charge in [-0.2, -0.15) is 0 Å². The predicted octanol–water partition coefficient (Wildman–Crippen LogP) is 3.21. The second-order valence-electron chi connectivity index (χ2n) is 6.57. The van der Waals surface area contributed by atoms with E-state index in [2.05, 4.69) is 24.3 Å². The first-order chi connectivity index (χ1) is 11.7. The van der Waals surface area contributed by atoms with Crippen molar-refractivity contribution >= 4 is 23.6 Å². The van der Waals surface area contributed by atoms with Crippen LogP contribution in [0.1, 0.15) is 42.1 Å². The van der Waals surface area contributed by atoms with Crippen LogP contribution in [0.15, 0.2) is 24.3 Å². The number of likely N-dealkylation sites (tertiary alicyclic amines) is 1. The van der Waals surface area contributed by atoms with Gasteiger partial charge in [-0.3, -0.25) is 9.59 Å². The topological polar surface area (TPSA) is 46.6 Å². The zero-order valence-electron chi connectivity index (χ0n) is 14.2. The number of carbonyl (C=O) groups is 2. The normalized spacial score (nSPS) is 21.2. The van der Waals surface area contributed by atoms with Crippen LogP contribution in [0, 0.1) is 5.92 Å². The third kappa shape index (κ3) is 3.94. The van der Waals surface area contributed by atoms with Crippen molar-refractivity contribution in [3.05, 3.63) is 35.4 Å². The molecule has 1 fully saturated rings. The molecule has 3 rings (SSSR count). The Labute approximate surface area is 147 Å². The van der Waals surface area contributed by atoms with Gasteiger partial charge in [0.25, 0.3) is 0 Å². The smallest absolute Gasteiger partial charge is 0.308 e. The average Bonchev–Trinajstić information content (AvgIpc) is 2.65. The molecule has 4 nitrogen and oxygen atoms in total. The van der Waals surface area contributed by atoms with Gasteiger partial charge in [0.05, 0.1) is 18.8 Å². The molecule has 1 aromatic rings. The van der Waals surface area contributed by atoms with Crippen LogP contribution in [0.2, 0.25) is 0 Å². The molecule has 0 saturated carbocycles. The summed E-state index contributed by atoms with van der Waals surface area (Å²) in [6.07, 6.45) is 4.94. The number of nitrogens with zero attached hydrogens (tertiary/aromatic N) is 1. The van der Waals surface area contributed by atoms with Crippen molar-refractivity contribution in [1.29, 1.82) is 0 Å². The van der Waals surface area contributed by atoms with E-state index in [9.17, 15) is 9.59 Å². The Hall–Kier alpha value is -1.49. The maximum absolute atomic E-state index is 12.5. The van der Waals surface area contributed by atoms with Crippen molar-refractivity contribution in [2.45, 2.75) is 37.4 Å². The van der Waals surface area contributed by atoms with E-state index in [4.69, 9.17) is 4.74 Å². The van der Waals surface area contributed by atoms with Gasteiger partial charge in [-0.1, -0.05) is 24.3 Å². The SMILES string of the molecule is COC(=O)C1CCN(C(=O)CS[C@@H]2CCCc3ccccc32)CC1. The zero-order valence-corrected chi connectivity index (χ0v) is 15.0. The molecule has 1 aromatic carbocycles. The van der Waals surface area contributed by atoms with Crippen molar-refractivity contribution in [2.24, 2.45) is 5.92 Å². The number of hydrogen-bond donors (Lipinski definition) is 0. The van der Waals surface area contributed by atoms with Gasteiger partial charge in [-0.05, 0) is 43.2 Å². The fourth-order valence-electron chi connectivity index (χ4n) is 3.68. The quantitative estimate of drug-likeness (QED) is 0.785. The molecule has 1 atom stereocenters. The number of aryl methyl sites for hydroxylation is 1. The van der Waals surface area contributed by atoms with Gasteiger partial charge < -0.3 is 9.64 Å². The molecule has 1 heterocycles. The number of rotatable bonds is 4. The summed E-state index contributed by atoms with van der Waals surface area (Å²) in [6.45, 7) is 1.33. The maximum Gasteiger partial charge on any atom is 0.308 e. The molecule has 24 heavy (non-hydrogen) atoms. The minimum atomic E-state index is -0.143. The van der Waals surface area contributed by atoms with Crippen LogP contribution in [0.3, 0.4) is 0 Å². The third-order valence-electron chi connectivity index (χ3n) is 5.10. The molecule has 1 saturated heterocycles. The summed E-state index contributed by atoms with van der Waals surface area (Å²) in [5, 5.41) is 0.437. The fourth-order valence-corrected chi connectivity index (χ4v) is 4.95. The Morgan fingerprint density at radius 2 is 1.96 bits per heavy atom. The average molecular weight is 347 g/mol. The van der Waals surface area contributed by atoms with Crippen LogP contribution >= 0.6 is 11.8 Å². The number of piperidine rings is 1. The lowest BCUT2D eigenvalue weighted by molar-refractivity contribution is -0.148. The molecule has 1 amide bonds. The van der Waals surface area contributed by atoms with E-state index in [0.29, 0.717) is 24.1 Å². The minimum Gasteiger partial charge on any atom is -0.469 e. The standard InChI is InChI=1S/C19H25NO3S/c1-23-19(22)15-9-11-20(12-10-15)18(21)13-24-17-8-4-6-14-5-2-3-7-16(14)17/h2-3,5,7,15,17H,4,6,8-13H2,1H3/t17-/m1/s1. The van der Waals surface area contributed by atoms with Crippen molar-refractivity contribution < 1.29 is 14.3 Å². The fraction of sp³-hybridized carbons (Fsp3) is 0.579. The van der Waals surface area contributed by atoms with Gasteiger partial charge in [0.2, 0.25) is 5.91 Å². The summed E-state index contributed by atoms with van der Waals surface area (Å²) in [7, 11) is 1.43. The van der Waals surface area contributed by atoms with Crippen LogP contribution in [0.25, 0.3) is 0 Å². The second kappa shape index (κ2) is 8.06. The van der Waals surface area contributed by atoms with E-state index < -0.39 is 0 Å². The minimum absolute atomic E-state index is 0.0445. The number of fused-ring (bicyclic) bond motifs is 1. The molecule has 0 spiro atoms. The van der Waals surface area contributed by atoms with E-state index >= 15 is 0 Å². The van der Waals surface area contributed by atoms with E-state index in [1.807, 2.05) is 4.90 Å². The number of thioether (sulfide) groups is 1. The molecule has 0 bridgehead atoms. The van der Waals surface area contributed by atoms with Crippen LogP contribution in [-0.2, 0) is 20.7 Å². The number of hydrogen-bond acceptors (Lipinski definition) is 4. The molecule has 0 aromatic heterocycles. The third-order valence-corrected chi connectivity index (χ3v) is 6.41. The summed E-state index contributed by atoms with van der Waals surface area (Å²) >= 11 is 1.77. The first-order valence-electron chi connectivity index (χ1n) is 8.74. The number of ether oxygens (including phenoxy) is 1. The van der Waals surface area contributed by atoms with Gasteiger partial charge in [0, 0.05) is 18.3 Å². The second-order valence-corrected chi connectivity index (χ2v) is 7.76. The van der Waals surface area contributed by atoms with Crippen molar-refractivity contribution in [3.8, 4) is 0 Å². The number of methoxy groups -OCH3 is 1. The lowest BCUT2D eigenvalue weighted by atomic mass is 9.91. The first kappa shape index (κ1) is 17.3. The van der Waals surface area contributed by atoms with Crippen LogP contribution < -0.4 is 0 Å². The molecule has 0 N–H and O–H groups in total. The molecule has 5 heteroatoms. The summed E-state index contributed by atoms with van der Waals surface area (Å²) in [5.74, 6) is 0.542. The number of esters is 1. The van der Waals surface area contributed by atoms with Gasteiger partial charge in [0.1, 0.15) is 0 Å². The lowest BCUT2D eigenvalue weighted by Gasteiger charge is -2.31. The highest BCUT2D eigenvalue weighted by molar-refractivity contribution is 8.00. The van der Waals surface area contributed by atoms with Crippen LogP contribution in [0.5, 0.6) is 0 Å². The van der Waals surface area contributed by atoms with E-state index in [1.165, 1.54) is 24.7 Å². The Morgan fingerprint density at radius 3 is 2.71 bits per heavy atom. The molecule has 1 aliphatic heterocycles. The molecule has 2 aliphatic rings. The monoisotopic (exact) mass is 347 g/mol. The zero-order chi connectivity index (χ0) is 16.9. The van der Waals surface area contributed by atoms with Crippen LogP contribution in [-0.4, -0.2) is 42.7 Å². The van der Waals surface area contributed by atoms with Crippen molar-refractivity contribution in [1.82, 2.24) is 4.90 Å². The van der Waals surface area contributed by atoms with Gasteiger partial charge in [-0.25, -0.2) is 0 Å². The summed E-state index contributed by atoms with van der Waals surface area (Å²) < 4.78 is 4.80. The summed E-state index contributed by atoms with van der Waals surface area (Å²) in [4.78, 5) is 26.0. The highest BCUT2D eigenvalue weighted by Gasteiger charge is 2.28. The highest BCUT2D eigenvalue weighted by Crippen LogP contribution is 2.39. The van der Waals surface area contributed by atoms with E-state index in [0.717, 1.165) is 25.7 Å². The lowest BCUT2D eigenvalue weighted by Crippen LogP contribution is -2.41. The predicted molar refractivity (Wildman–Crippen MR) is 95.9 cm³/mol. The Balaban J connectivity index is 1.50. The van der Waals surface area contributed by atoms with E-state index in [1.54, 1.807) is 11.8 Å². The Kier molecular flexibility index (Phi) is 5.82. The summed E-state index contributed by atoms with van der Waals surface area (Å²) in [6, 6.07) is 8.61. The van der Waals surface area contributed by atoms with E-state index in [-0.39, 0.29) is 17.8 Å².